The van der Waals surface area contributed by atoms with Crippen molar-refractivity contribution in [3.63, 3.8) is 0 Å². The van der Waals surface area contributed by atoms with E-state index in [0.29, 0.717) is 6.08 Å². The first kappa shape index (κ1) is 11.0. The standard InChI is InChI=1S/C13H17NO2/c1-12(2)13(3,4)16-11(15-12)14-10-8-6-5-7-9-10/h5-9H,1-4H3. The van der Waals surface area contributed by atoms with Gasteiger partial charge in [-0.15, -0.1) is 0 Å². The Labute approximate surface area is 96.1 Å². The zero-order valence-electron chi connectivity index (χ0n) is 10.2. The Bertz CT molecular complexity index is 389. The van der Waals surface area contributed by atoms with Gasteiger partial charge in [-0.2, -0.15) is 4.99 Å². The van der Waals surface area contributed by atoms with Crippen LogP contribution in [0.25, 0.3) is 0 Å². The molecule has 1 saturated heterocycles. The van der Waals surface area contributed by atoms with Crippen LogP contribution < -0.4 is 0 Å². The lowest BCUT2D eigenvalue weighted by molar-refractivity contribution is 0.00578. The first-order chi connectivity index (χ1) is 7.41. The highest BCUT2D eigenvalue weighted by Crippen LogP contribution is 2.36. The summed E-state index contributed by atoms with van der Waals surface area (Å²) in [6.07, 6.45) is 0.348. The molecule has 3 nitrogen and oxygen atoms in total. The van der Waals surface area contributed by atoms with Crippen LogP contribution in [0.4, 0.5) is 5.69 Å². The van der Waals surface area contributed by atoms with E-state index < -0.39 is 0 Å². The first-order valence-corrected chi connectivity index (χ1v) is 5.42. The number of nitrogens with zero attached hydrogens (tertiary/aromatic N) is 1. The average molecular weight is 219 g/mol. The van der Waals surface area contributed by atoms with Crippen LogP contribution in [0, 0.1) is 0 Å². The van der Waals surface area contributed by atoms with E-state index in [9.17, 15) is 0 Å². The lowest BCUT2D eigenvalue weighted by Gasteiger charge is -2.28. The summed E-state index contributed by atoms with van der Waals surface area (Å²) >= 11 is 0. The molecule has 3 heteroatoms. The summed E-state index contributed by atoms with van der Waals surface area (Å²) in [7, 11) is 0. The van der Waals surface area contributed by atoms with Crippen molar-refractivity contribution in [1.82, 2.24) is 0 Å². The first-order valence-electron chi connectivity index (χ1n) is 5.42. The predicted molar refractivity (Wildman–Crippen MR) is 63.9 cm³/mol. The topological polar surface area (TPSA) is 30.8 Å². The number of benzene rings is 1. The molecule has 1 aliphatic heterocycles. The van der Waals surface area contributed by atoms with Crippen molar-refractivity contribution in [2.75, 3.05) is 0 Å². The number of rotatable bonds is 1. The van der Waals surface area contributed by atoms with Gasteiger partial charge in [0, 0.05) is 0 Å². The minimum Gasteiger partial charge on any atom is -0.440 e. The Morgan fingerprint density at radius 2 is 1.38 bits per heavy atom. The third kappa shape index (κ3) is 1.90. The molecule has 0 aliphatic carbocycles. The van der Waals surface area contributed by atoms with Crippen LogP contribution in [0.5, 0.6) is 0 Å². The summed E-state index contributed by atoms with van der Waals surface area (Å²) in [5.41, 5.74) is 0.118. The maximum atomic E-state index is 5.70. The van der Waals surface area contributed by atoms with Gasteiger partial charge >= 0.3 is 6.08 Å². The van der Waals surface area contributed by atoms with Crippen molar-refractivity contribution in [3.05, 3.63) is 30.3 Å². The molecule has 0 radical (unpaired) electrons. The number of aliphatic imine (C=N–C) groups is 1. The SMILES string of the molecule is CC1(C)OC(=Nc2ccccc2)OC1(C)C. The lowest BCUT2D eigenvalue weighted by Crippen LogP contribution is -2.41. The molecule has 0 spiro atoms. The van der Waals surface area contributed by atoms with E-state index >= 15 is 0 Å². The van der Waals surface area contributed by atoms with Crippen molar-refractivity contribution < 1.29 is 9.47 Å². The molecular formula is C13H17NO2. The minimum absolute atomic E-state index is 0.348. The van der Waals surface area contributed by atoms with Crippen molar-refractivity contribution in [3.8, 4) is 0 Å². The number of hydrogen-bond acceptors (Lipinski definition) is 3. The van der Waals surface area contributed by atoms with Crippen LogP contribution in [0.2, 0.25) is 0 Å². The van der Waals surface area contributed by atoms with Gasteiger partial charge < -0.3 is 9.47 Å². The van der Waals surface area contributed by atoms with Crippen molar-refractivity contribution in [1.29, 1.82) is 0 Å². The largest absolute Gasteiger partial charge is 0.440 e. The molecule has 2 rings (SSSR count). The van der Waals surface area contributed by atoms with Gasteiger partial charge in [-0.1, -0.05) is 18.2 Å². The van der Waals surface area contributed by atoms with Crippen molar-refractivity contribution in [2.45, 2.75) is 38.9 Å². The molecule has 0 atom stereocenters. The minimum atomic E-state index is -0.361. The summed E-state index contributed by atoms with van der Waals surface area (Å²) in [6, 6.07) is 9.65. The van der Waals surface area contributed by atoms with Crippen LogP contribution >= 0.6 is 0 Å². The molecule has 1 aromatic carbocycles. The summed E-state index contributed by atoms with van der Waals surface area (Å²) in [4.78, 5) is 4.32. The highest BCUT2D eigenvalue weighted by molar-refractivity contribution is 5.74. The van der Waals surface area contributed by atoms with E-state index in [0.717, 1.165) is 5.69 Å². The van der Waals surface area contributed by atoms with Gasteiger partial charge in [-0.25, -0.2) is 0 Å². The third-order valence-corrected chi connectivity index (χ3v) is 3.11. The molecule has 0 bridgehead atoms. The highest BCUT2D eigenvalue weighted by Gasteiger charge is 2.49. The smallest absolute Gasteiger partial charge is 0.390 e. The summed E-state index contributed by atoms with van der Waals surface area (Å²) in [5.74, 6) is 0. The van der Waals surface area contributed by atoms with E-state index in [-0.39, 0.29) is 11.2 Å². The lowest BCUT2D eigenvalue weighted by atomic mass is 9.90. The molecule has 16 heavy (non-hydrogen) atoms. The van der Waals surface area contributed by atoms with Gasteiger partial charge in [-0.3, -0.25) is 0 Å². The Morgan fingerprint density at radius 3 is 1.88 bits per heavy atom. The zero-order valence-corrected chi connectivity index (χ0v) is 10.2. The highest BCUT2D eigenvalue weighted by atomic mass is 16.7. The second kappa shape index (κ2) is 3.51. The maximum Gasteiger partial charge on any atom is 0.390 e. The normalized spacial score (nSPS) is 21.1. The van der Waals surface area contributed by atoms with E-state index in [1.54, 1.807) is 0 Å². The van der Waals surface area contributed by atoms with Gasteiger partial charge in [0.15, 0.2) is 0 Å². The molecular weight excluding hydrogens is 202 g/mol. The monoisotopic (exact) mass is 219 g/mol. The fraction of sp³-hybridized carbons (Fsp3) is 0.462. The second-order valence-electron chi connectivity index (χ2n) is 4.94. The molecule has 0 saturated carbocycles. The second-order valence-corrected chi connectivity index (χ2v) is 4.94. The third-order valence-electron chi connectivity index (χ3n) is 3.11. The van der Waals surface area contributed by atoms with E-state index in [1.165, 1.54) is 0 Å². The Balaban J connectivity index is 2.24. The fourth-order valence-electron chi connectivity index (χ4n) is 1.36. The number of para-hydroxylation sites is 1. The Morgan fingerprint density at radius 1 is 0.875 bits per heavy atom. The Hall–Kier alpha value is -1.51. The van der Waals surface area contributed by atoms with Gasteiger partial charge in [0.25, 0.3) is 0 Å². The molecule has 0 aromatic heterocycles. The molecule has 1 aromatic rings. The molecule has 1 aliphatic rings. The van der Waals surface area contributed by atoms with E-state index in [1.807, 2.05) is 58.0 Å². The maximum absolute atomic E-state index is 5.70. The van der Waals surface area contributed by atoms with Gasteiger partial charge in [0.2, 0.25) is 0 Å². The van der Waals surface area contributed by atoms with E-state index in [4.69, 9.17) is 9.47 Å². The van der Waals surface area contributed by atoms with Crippen LogP contribution in [0.15, 0.2) is 35.3 Å². The number of hydrogen-bond donors (Lipinski definition) is 0. The van der Waals surface area contributed by atoms with Crippen molar-refractivity contribution >= 4 is 11.8 Å². The van der Waals surface area contributed by atoms with Crippen LogP contribution in [0.1, 0.15) is 27.7 Å². The molecule has 0 unspecified atom stereocenters. The van der Waals surface area contributed by atoms with E-state index in [2.05, 4.69) is 4.99 Å². The predicted octanol–water partition coefficient (Wildman–Crippen LogP) is 3.28. The van der Waals surface area contributed by atoms with Gasteiger partial charge in [0.05, 0.1) is 5.69 Å². The Kier molecular flexibility index (Phi) is 2.41. The van der Waals surface area contributed by atoms with Crippen LogP contribution in [0.3, 0.4) is 0 Å². The van der Waals surface area contributed by atoms with Crippen LogP contribution in [-0.4, -0.2) is 17.3 Å². The van der Waals surface area contributed by atoms with Crippen LogP contribution in [-0.2, 0) is 9.47 Å². The summed E-state index contributed by atoms with van der Waals surface area (Å²) in [5, 5.41) is 0. The van der Waals surface area contributed by atoms with Gasteiger partial charge in [0.1, 0.15) is 11.2 Å². The average Bonchev–Trinajstić information content (AvgIpc) is 2.36. The summed E-state index contributed by atoms with van der Waals surface area (Å²) in [6.45, 7) is 8.00. The molecule has 0 N–H and O–H groups in total. The quantitative estimate of drug-likeness (QED) is 0.725. The molecule has 86 valence electrons. The molecule has 1 heterocycles. The molecule has 0 amide bonds. The van der Waals surface area contributed by atoms with Gasteiger partial charge in [-0.05, 0) is 39.8 Å². The summed E-state index contributed by atoms with van der Waals surface area (Å²) < 4.78 is 11.4. The van der Waals surface area contributed by atoms with Crippen molar-refractivity contribution in [2.24, 2.45) is 4.99 Å². The zero-order chi connectivity index (χ0) is 11.8. The fourth-order valence-corrected chi connectivity index (χ4v) is 1.36. The molecule has 1 fully saturated rings. The number of ether oxygens (including phenoxy) is 2.